The summed E-state index contributed by atoms with van der Waals surface area (Å²) in [5, 5.41) is 0. The summed E-state index contributed by atoms with van der Waals surface area (Å²) in [7, 11) is 0. The molecule has 0 unspecified atom stereocenters. The maximum atomic E-state index is 10.2. The molecule has 2 rings (SSSR count). The van der Waals surface area contributed by atoms with Crippen LogP contribution in [0, 0.1) is 0 Å². The fraction of sp³-hybridized carbons (Fsp3) is 0.385. The quantitative estimate of drug-likeness (QED) is 0.735. The van der Waals surface area contributed by atoms with Crippen LogP contribution in [0.3, 0.4) is 0 Å². The zero-order valence-electron chi connectivity index (χ0n) is 9.22. The fourth-order valence-electron chi connectivity index (χ4n) is 1.47. The van der Waals surface area contributed by atoms with Crippen molar-refractivity contribution in [1.82, 2.24) is 0 Å². The predicted octanol–water partition coefficient (Wildman–Crippen LogP) is 2.49. The molecule has 0 aliphatic heterocycles. The minimum Gasteiger partial charge on any atom is -0.463 e. The van der Waals surface area contributed by atoms with Gasteiger partial charge in [-0.25, -0.2) is 0 Å². The van der Waals surface area contributed by atoms with Gasteiger partial charge in [0.1, 0.15) is 12.4 Å². The van der Waals surface area contributed by atoms with E-state index in [1.165, 1.54) is 0 Å². The summed E-state index contributed by atoms with van der Waals surface area (Å²) in [6, 6.07) is 9.55. The van der Waals surface area contributed by atoms with Gasteiger partial charge >= 0.3 is 0 Å². The molecule has 0 radical (unpaired) electrons. The van der Waals surface area contributed by atoms with Crippen molar-refractivity contribution in [2.75, 3.05) is 0 Å². The van der Waals surface area contributed by atoms with Crippen LogP contribution in [0.2, 0.25) is 0 Å². The van der Waals surface area contributed by atoms with Gasteiger partial charge in [0.2, 0.25) is 0 Å². The number of benzene rings is 1. The van der Waals surface area contributed by atoms with Crippen molar-refractivity contribution < 1.29 is 14.3 Å². The molecule has 3 nitrogen and oxygen atoms in total. The van der Waals surface area contributed by atoms with Crippen LogP contribution in [0.15, 0.2) is 30.3 Å². The number of rotatable bonds is 3. The molecule has 0 aromatic heterocycles. The van der Waals surface area contributed by atoms with Crippen LogP contribution in [0.4, 0.5) is 0 Å². The molecule has 1 aliphatic carbocycles. The molecule has 0 N–H and O–H groups in total. The highest BCUT2D eigenvalue weighted by molar-refractivity contribution is 5.80. The number of hydrogen-bond donors (Lipinski definition) is 0. The molecule has 0 atom stereocenters. The lowest BCUT2D eigenvalue weighted by Crippen LogP contribution is -1.88. The third-order valence-corrected chi connectivity index (χ3v) is 2.32. The van der Waals surface area contributed by atoms with Crippen molar-refractivity contribution in [1.29, 1.82) is 0 Å². The summed E-state index contributed by atoms with van der Waals surface area (Å²) >= 11 is 0. The van der Waals surface area contributed by atoms with Crippen LogP contribution >= 0.6 is 0 Å². The summed E-state index contributed by atoms with van der Waals surface area (Å²) < 4.78 is 4.54. The molecule has 0 amide bonds. The average molecular weight is 220 g/mol. The van der Waals surface area contributed by atoms with E-state index in [-0.39, 0.29) is 0 Å². The van der Waals surface area contributed by atoms with Crippen molar-refractivity contribution in [3.05, 3.63) is 35.9 Å². The van der Waals surface area contributed by atoms with E-state index in [0.717, 1.165) is 31.2 Å². The smallest absolute Gasteiger partial charge is 0.293 e. The second-order valence-electron chi connectivity index (χ2n) is 3.64. The molecule has 1 aromatic carbocycles. The zero-order chi connectivity index (χ0) is 11.6. The van der Waals surface area contributed by atoms with Crippen LogP contribution in [-0.4, -0.2) is 12.3 Å². The van der Waals surface area contributed by atoms with Gasteiger partial charge in [0.15, 0.2) is 0 Å². The Kier molecular flexibility index (Phi) is 5.92. The molecule has 0 heterocycles. The summed E-state index contributed by atoms with van der Waals surface area (Å²) in [6.45, 7) is 0.817. The van der Waals surface area contributed by atoms with Crippen LogP contribution < -0.4 is 0 Å². The molecule has 3 heteroatoms. The lowest BCUT2D eigenvalue weighted by molar-refractivity contribution is -0.129. The first-order valence-electron chi connectivity index (χ1n) is 5.44. The Balaban J connectivity index is 0.000000181. The van der Waals surface area contributed by atoms with Crippen molar-refractivity contribution in [2.45, 2.75) is 32.3 Å². The SMILES string of the molecule is O=C1CCCC1.O=COCc1ccccc1. The number of ether oxygens (including phenoxy) is 1. The van der Waals surface area contributed by atoms with Gasteiger partial charge in [-0.2, -0.15) is 0 Å². The van der Waals surface area contributed by atoms with Gasteiger partial charge in [-0.1, -0.05) is 30.3 Å². The Morgan fingerprint density at radius 3 is 2.19 bits per heavy atom. The maximum Gasteiger partial charge on any atom is 0.293 e. The van der Waals surface area contributed by atoms with E-state index in [9.17, 15) is 9.59 Å². The van der Waals surface area contributed by atoms with E-state index in [1.54, 1.807) is 0 Å². The van der Waals surface area contributed by atoms with E-state index in [0.29, 0.717) is 18.9 Å². The van der Waals surface area contributed by atoms with Gasteiger partial charge < -0.3 is 4.74 Å². The number of carbonyl (C=O) groups is 2. The Morgan fingerprint density at radius 2 is 1.75 bits per heavy atom. The monoisotopic (exact) mass is 220 g/mol. The molecule has 1 saturated carbocycles. The first-order chi connectivity index (χ1) is 7.83. The molecule has 0 spiro atoms. The third kappa shape index (κ3) is 5.29. The first kappa shape index (κ1) is 12.4. The molecular weight excluding hydrogens is 204 g/mol. The minimum absolute atomic E-state index is 0.365. The number of ketones is 1. The Morgan fingerprint density at radius 1 is 1.12 bits per heavy atom. The van der Waals surface area contributed by atoms with E-state index < -0.39 is 0 Å². The van der Waals surface area contributed by atoms with Crippen LogP contribution in [0.5, 0.6) is 0 Å². The van der Waals surface area contributed by atoms with E-state index in [2.05, 4.69) is 4.74 Å². The normalized spacial score (nSPS) is 13.9. The molecule has 1 fully saturated rings. The predicted molar refractivity (Wildman–Crippen MR) is 60.8 cm³/mol. The van der Waals surface area contributed by atoms with Crippen molar-refractivity contribution in [3.63, 3.8) is 0 Å². The minimum atomic E-state index is 0.365. The molecule has 0 bridgehead atoms. The highest BCUT2D eigenvalue weighted by atomic mass is 16.5. The molecule has 1 aromatic rings. The van der Waals surface area contributed by atoms with Crippen LogP contribution in [0.1, 0.15) is 31.2 Å². The summed E-state index contributed by atoms with van der Waals surface area (Å²) in [5.74, 6) is 0.454. The number of carbonyl (C=O) groups excluding carboxylic acids is 2. The van der Waals surface area contributed by atoms with Gasteiger partial charge in [0.05, 0.1) is 0 Å². The standard InChI is InChI=1S/C8H8O2.C5H8O/c9-7-10-6-8-4-2-1-3-5-8;6-5-3-1-2-4-5/h1-5,7H,6H2;1-4H2. The molecule has 16 heavy (non-hydrogen) atoms. The fourth-order valence-corrected chi connectivity index (χ4v) is 1.47. The van der Waals surface area contributed by atoms with E-state index in [4.69, 9.17) is 0 Å². The Bertz CT molecular complexity index is 311. The van der Waals surface area contributed by atoms with E-state index in [1.807, 2.05) is 30.3 Å². The van der Waals surface area contributed by atoms with Crippen LogP contribution in [0.25, 0.3) is 0 Å². The molecule has 86 valence electrons. The van der Waals surface area contributed by atoms with Gasteiger partial charge in [-0.3, -0.25) is 9.59 Å². The highest BCUT2D eigenvalue weighted by Crippen LogP contribution is 2.11. The number of Topliss-reactive ketones (excluding diaryl/α,β-unsaturated/α-hetero) is 1. The van der Waals surface area contributed by atoms with Crippen molar-refractivity contribution >= 4 is 12.3 Å². The average Bonchev–Trinajstić information content (AvgIpc) is 2.80. The summed E-state index contributed by atoms with van der Waals surface area (Å²) in [5.41, 5.74) is 1.01. The third-order valence-electron chi connectivity index (χ3n) is 2.32. The lowest BCUT2D eigenvalue weighted by atomic mass is 10.2. The summed E-state index contributed by atoms with van der Waals surface area (Å²) in [6.07, 6.45) is 3.97. The van der Waals surface area contributed by atoms with E-state index >= 15 is 0 Å². The topological polar surface area (TPSA) is 43.4 Å². The lowest BCUT2D eigenvalue weighted by Gasteiger charge is -1.95. The number of hydrogen-bond acceptors (Lipinski definition) is 3. The molecule has 0 saturated heterocycles. The Labute approximate surface area is 95.4 Å². The second-order valence-corrected chi connectivity index (χ2v) is 3.64. The van der Waals surface area contributed by atoms with Gasteiger partial charge in [0, 0.05) is 12.8 Å². The zero-order valence-corrected chi connectivity index (χ0v) is 9.22. The maximum absolute atomic E-state index is 10.2. The molecular formula is C13H16O3. The summed E-state index contributed by atoms with van der Waals surface area (Å²) in [4.78, 5) is 20.0. The van der Waals surface area contributed by atoms with Crippen LogP contribution in [-0.2, 0) is 20.9 Å². The second kappa shape index (κ2) is 7.63. The molecule has 1 aliphatic rings. The highest BCUT2D eigenvalue weighted by Gasteiger charge is 2.07. The Hall–Kier alpha value is -1.64. The van der Waals surface area contributed by atoms with Gasteiger partial charge in [-0.05, 0) is 18.4 Å². The van der Waals surface area contributed by atoms with Crippen molar-refractivity contribution in [2.24, 2.45) is 0 Å². The first-order valence-corrected chi connectivity index (χ1v) is 5.44. The van der Waals surface area contributed by atoms with Gasteiger partial charge in [-0.15, -0.1) is 0 Å². The van der Waals surface area contributed by atoms with Gasteiger partial charge in [0.25, 0.3) is 6.47 Å². The van der Waals surface area contributed by atoms with Crippen molar-refractivity contribution in [3.8, 4) is 0 Å². The largest absolute Gasteiger partial charge is 0.463 e.